The average molecular weight is 130 g/mol. The second kappa shape index (κ2) is 4.50. The number of carbonyl (C=O) groups is 1. The van der Waals surface area contributed by atoms with E-state index in [1.807, 2.05) is 6.92 Å². The summed E-state index contributed by atoms with van der Waals surface area (Å²) >= 11 is 0. The Labute approximate surface area is 55.9 Å². The monoisotopic (exact) mass is 130 g/mol. The molecule has 0 aromatic heterocycles. The number of aliphatic hydroxyl groups excluding tert-OH is 1. The zero-order valence-electron chi connectivity index (χ0n) is 6.00. The highest BCUT2D eigenvalue weighted by Crippen LogP contribution is 2.08. The smallest absolute Gasteiger partial charge is 0.120 e. The molecule has 0 rings (SSSR count). The van der Waals surface area contributed by atoms with Crippen LogP contribution in [0.2, 0.25) is 0 Å². The lowest BCUT2D eigenvalue weighted by molar-refractivity contribution is -0.108. The molecule has 0 aliphatic carbocycles. The first kappa shape index (κ1) is 8.63. The maximum atomic E-state index is 9.85. The van der Waals surface area contributed by atoms with Crippen molar-refractivity contribution in [3.8, 4) is 0 Å². The Morgan fingerprint density at radius 2 is 2.11 bits per heavy atom. The van der Waals surface area contributed by atoms with Crippen molar-refractivity contribution in [3.05, 3.63) is 0 Å². The molecule has 2 nitrogen and oxygen atoms in total. The summed E-state index contributed by atoms with van der Waals surface area (Å²) in [6.07, 6.45) is 1.96. The second-order valence-electron chi connectivity index (χ2n) is 2.46. The Balaban J connectivity index is 3.26. The molecule has 54 valence electrons. The molecule has 1 N–H and O–H groups in total. The predicted octanol–water partition coefficient (Wildman–Crippen LogP) is 0.982. The minimum Gasteiger partial charge on any atom is -0.393 e. The summed E-state index contributed by atoms with van der Waals surface area (Å²) in [6.45, 7) is 3.68. The first-order valence-electron chi connectivity index (χ1n) is 3.30. The Hall–Kier alpha value is -0.370. The highest BCUT2D eigenvalue weighted by Gasteiger charge is 2.06. The van der Waals surface area contributed by atoms with Crippen LogP contribution in [0.15, 0.2) is 0 Å². The molecule has 1 unspecified atom stereocenters. The first-order valence-corrected chi connectivity index (χ1v) is 3.30. The Kier molecular flexibility index (Phi) is 4.32. The molecule has 0 fully saturated rings. The number of aldehydes is 1. The van der Waals surface area contributed by atoms with Crippen molar-refractivity contribution in [2.45, 2.75) is 32.8 Å². The van der Waals surface area contributed by atoms with Gasteiger partial charge in [0.15, 0.2) is 0 Å². The average Bonchev–Trinajstić information content (AvgIpc) is 1.82. The molecule has 0 aromatic rings. The van der Waals surface area contributed by atoms with Gasteiger partial charge in [-0.15, -0.1) is 0 Å². The second-order valence-corrected chi connectivity index (χ2v) is 2.46. The molecule has 0 aliphatic rings. The van der Waals surface area contributed by atoms with Gasteiger partial charge in [-0.2, -0.15) is 0 Å². The van der Waals surface area contributed by atoms with Gasteiger partial charge in [-0.25, -0.2) is 0 Å². The molecule has 0 spiro atoms. The van der Waals surface area contributed by atoms with Gasteiger partial charge in [-0.3, -0.25) is 0 Å². The van der Waals surface area contributed by atoms with Crippen molar-refractivity contribution in [3.63, 3.8) is 0 Å². The van der Waals surface area contributed by atoms with E-state index in [1.54, 1.807) is 6.92 Å². The number of aliphatic hydroxyl groups is 1. The zero-order chi connectivity index (χ0) is 7.28. The zero-order valence-corrected chi connectivity index (χ0v) is 6.00. The van der Waals surface area contributed by atoms with E-state index < -0.39 is 0 Å². The minimum atomic E-state index is -0.287. The molecular formula is C7H14O2. The van der Waals surface area contributed by atoms with Crippen LogP contribution < -0.4 is 0 Å². The van der Waals surface area contributed by atoms with E-state index in [-0.39, 0.29) is 12.0 Å². The van der Waals surface area contributed by atoms with Crippen LogP contribution in [0, 0.1) is 5.92 Å². The van der Waals surface area contributed by atoms with E-state index in [1.165, 1.54) is 0 Å². The van der Waals surface area contributed by atoms with Crippen LogP contribution in [0.4, 0.5) is 0 Å². The van der Waals surface area contributed by atoms with Gasteiger partial charge >= 0.3 is 0 Å². The molecule has 0 aromatic carbocycles. The van der Waals surface area contributed by atoms with Gasteiger partial charge in [0.05, 0.1) is 6.10 Å². The van der Waals surface area contributed by atoms with Crippen molar-refractivity contribution in [1.82, 2.24) is 0 Å². The van der Waals surface area contributed by atoms with Gasteiger partial charge in [-0.1, -0.05) is 6.92 Å². The van der Waals surface area contributed by atoms with E-state index in [0.29, 0.717) is 6.42 Å². The lowest BCUT2D eigenvalue weighted by atomic mass is 10.0. The summed E-state index contributed by atoms with van der Waals surface area (Å²) < 4.78 is 0. The maximum Gasteiger partial charge on any atom is 0.120 e. The summed E-state index contributed by atoms with van der Waals surface area (Å²) in [5, 5.41) is 8.93. The topological polar surface area (TPSA) is 37.3 Å². The molecule has 0 amide bonds. The van der Waals surface area contributed by atoms with Crippen molar-refractivity contribution >= 4 is 6.29 Å². The Morgan fingerprint density at radius 1 is 1.56 bits per heavy atom. The van der Waals surface area contributed by atoms with E-state index in [0.717, 1.165) is 12.7 Å². The summed E-state index contributed by atoms with van der Waals surface area (Å²) in [4.78, 5) is 9.85. The molecule has 0 saturated carbocycles. The van der Waals surface area contributed by atoms with E-state index >= 15 is 0 Å². The van der Waals surface area contributed by atoms with Gasteiger partial charge in [-0.05, 0) is 19.3 Å². The summed E-state index contributed by atoms with van der Waals surface area (Å²) in [7, 11) is 0. The fourth-order valence-corrected chi connectivity index (χ4v) is 0.572. The molecule has 9 heavy (non-hydrogen) atoms. The lowest BCUT2D eigenvalue weighted by Crippen LogP contribution is -2.12. The van der Waals surface area contributed by atoms with Crippen LogP contribution in [0.1, 0.15) is 26.7 Å². The van der Waals surface area contributed by atoms with Crippen molar-refractivity contribution < 1.29 is 9.90 Å². The molecule has 0 saturated heterocycles. The number of rotatable bonds is 4. The first-order chi connectivity index (χ1) is 4.18. The SMILES string of the molecule is CC(O)[C@@H](C)CCC=O. The van der Waals surface area contributed by atoms with Crippen molar-refractivity contribution in [2.24, 2.45) is 5.92 Å². The molecule has 0 aliphatic heterocycles. The summed E-state index contributed by atoms with van der Waals surface area (Å²) in [5.41, 5.74) is 0. The van der Waals surface area contributed by atoms with E-state index in [2.05, 4.69) is 0 Å². The van der Waals surface area contributed by atoms with Gasteiger partial charge in [0.25, 0.3) is 0 Å². The van der Waals surface area contributed by atoms with Crippen LogP contribution in [0.25, 0.3) is 0 Å². The number of hydrogen-bond acceptors (Lipinski definition) is 2. The van der Waals surface area contributed by atoms with Crippen LogP contribution in [-0.4, -0.2) is 17.5 Å². The lowest BCUT2D eigenvalue weighted by Gasteiger charge is -2.11. The summed E-state index contributed by atoms with van der Waals surface area (Å²) in [6, 6.07) is 0. The van der Waals surface area contributed by atoms with Crippen molar-refractivity contribution in [1.29, 1.82) is 0 Å². The minimum absolute atomic E-state index is 0.246. The van der Waals surface area contributed by atoms with Crippen molar-refractivity contribution in [2.75, 3.05) is 0 Å². The number of carbonyl (C=O) groups excluding carboxylic acids is 1. The number of hydrogen-bond donors (Lipinski definition) is 1. The molecule has 0 radical (unpaired) electrons. The third-order valence-electron chi connectivity index (χ3n) is 1.56. The predicted molar refractivity (Wildman–Crippen MR) is 36.1 cm³/mol. The van der Waals surface area contributed by atoms with E-state index in [9.17, 15) is 4.79 Å². The van der Waals surface area contributed by atoms with Crippen LogP contribution in [-0.2, 0) is 4.79 Å². The van der Waals surface area contributed by atoms with Gasteiger partial charge in [0.2, 0.25) is 0 Å². The fourth-order valence-electron chi connectivity index (χ4n) is 0.572. The molecular weight excluding hydrogens is 116 g/mol. The molecule has 2 atom stereocenters. The molecule has 0 bridgehead atoms. The third kappa shape index (κ3) is 4.15. The Morgan fingerprint density at radius 3 is 2.44 bits per heavy atom. The Bertz CT molecular complexity index is 79.0. The standard InChI is InChI=1S/C7H14O2/c1-6(7(2)9)4-3-5-8/h5-7,9H,3-4H2,1-2H3/t6-,7?/m0/s1. The van der Waals surface area contributed by atoms with Crippen LogP contribution in [0.3, 0.4) is 0 Å². The largest absolute Gasteiger partial charge is 0.393 e. The van der Waals surface area contributed by atoms with Gasteiger partial charge in [0.1, 0.15) is 6.29 Å². The third-order valence-corrected chi connectivity index (χ3v) is 1.56. The fraction of sp³-hybridized carbons (Fsp3) is 0.857. The molecule has 2 heteroatoms. The van der Waals surface area contributed by atoms with Gasteiger partial charge < -0.3 is 9.90 Å². The maximum absolute atomic E-state index is 9.85. The summed E-state index contributed by atoms with van der Waals surface area (Å²) in [5.74, 6) is 0.246. The van der Waals surface area contributed by atoms with E-state index in [4.69, 9.17) is 5.11 Å². The quantitative estimate of drug-likeness (QED) is 0.576. The highest BCUT2D eigenvalue weighted by molar-refractivity contribution is 5.49. The van der Waals surface area contributed by atoms with Crippen LogP contribution >= 0.6 is 0 Å². The normalized spacial score (nSPS) is 16.8. The van der Waals surface area contributed by atoms with Gasteiger partial charge in [0, 0.05) is 6.42 Å². The molecule has 0 heterocycles. The highest BCUT2D eigenvalue weighted by atomic mass is 16.3. The van der Waals surface area contributed by atoms with Crippen LogP contribution in [0.5, 0.6) is 0 Å².